The van der Waals surface area contributed by atoms with Gasteiger partial charge >= 0.3 is 0 Å². The van der Waals surface area contributed by atoms with Crippen LogP contribution in [0.3, 0.4) is 0 Å². The second-order valence-corrected chi connectivity index (χ2v) is 9.14. The number of anilines is 1. The average molecular weight is 472 g/mol. The van der Waals surface area contributed by atoms with Gasteiger partial charge in [-0.15, -0.1) is 0 Å². The minimum absolute atomic E-state index is 0.278. The number of fused-ring (bicyclic) bond motifs is 1. The zero-order valence-electron chi connectivity index (χ0n) is 17.4. The maximum absolute atomic E-state index is 13.7. The minimum Gasteiger partial charge on any atom is -0.488 e. The third-order valence-corrected chi connectivity index (χ3v) is 6.63. The van der Waals surface area contributed by atoms with Gasteiger partial charge in [0.15, 0.2) is 4.32 Å². The van der Waals surface area contributed by atoms with Crippen LogP contribution in [0.25, 0.3) is 16.8 Å². The molecule has 1 saturated heterocycles. The lowest BCUT2D eigenvalue weighted by Crippen LogP contribution is -2.27. The number of nitrogens with zero attached hydrogens (tertiary/aromatic N) is 1. The van der Waals surface area contributed by atoms with Crippen LogP contribution in [0.5, 0.6) is 5.75 Å². The second kappa shape index (κ2) is 9.17. The number of thioether (sulfide) groups is 1. The van der Waals surface area contributed by atoms with E-state index >= 15 is 0 Å². The summed E-state index contributed by atoms with van der Waals surface area (Å²) in [7, 11) is 0. The monoisotopic (exact) mass is 471 g/mol. The summed E-state index contributed by atoms with van der Waals surface area (Å²) < 4.78 is 20.2. The van der Waals surface area contributed by atoms with Crippen molar-refractivity contribution in [3.05, 3.63) is 113 Å². The van der Waals surface area contributed by atoms with Gasteiger partial charge in [-0.3, -0.25) is 9.69 Å². The van der Waals surface area contributed by atoms with Crippen LogP contribution in [0.2, 0.25) is 0 Å². The molecule has 1 fully saturated rings. The Bertz CT molecular complexity index is 1410. The van der Waals surface area contributed by atoms with E-state index in [9.17, 15) is 9.18 Å². The van der Waals surface area contributed by atoms with Crippen LogP contribution >= 0.6 is 24.0 Å². The summed E-state index contributed by atoms with van der Waals surface area (Å²) in [6.07, 6.45) is 1.77. The van der Waals surface area contributed by atoms with E-state index in [4.69, 9.17) is 17.0 Å². The molecule has 4 aromatic carbocycles. The highest BCUT2D eigenvalue weighted by atomic mass is 32.2. The highest BCUT2D eigenvalue weighted by Crippen LogP contribution is 2.37. The second-order valence-electron chi connectivity index (χ2n) is 7.46. The van der Waals surface area contributed by atoms with Crippen molar-refractivity contribution < 1.29 is 13.9 Å². The first-order valence-electron chi connectivity index (χ1n) is 10.3. The van der Waals surface area contributed by atoms with Crippen molar-refractivity contribution in [1.82, 2.24) is 0 Å². The number of thiocarbonyl (C=S) groups is 1. The molecule has 5 rings (SSSR count). The summed E-state index contributed by atoms with van der Waals surface area (Å²) in [6, 6.07) is 27.8. The number of rotatable bonds is 5. The van der Waals surface area contributed by atoms with Crippen molar-refractivity contribution >= 4 is 56.7 Å². The van der Waals surface area contributed by atoms with E-state index in [-0.39, 0.29) is 5.91 Å². The number of halogens is 1. The van der Waals surface area contributed by atoms with E-state index in [0.29, 0.717) is 27.3 Å². The molecule has 0 aromatic heterocycles. The predicted octanol–water partition coefficient (Wildman–Crippen LogP) is 6.96. The van der Waals surface area contributed by atoms with Gasteiger partial charge < -0.3 is 4.74 Å². The Morgan fingerprint density at radius 2 is 1.70 bits per heavy atom. The number of carbonyl (C=O) groups is 1. The van der Waals surface area contributed by atoms with Crippen LogP contribution in [-0.4, -0.2) is 10.2 Å². The molecule has 0 atom stereocenters. The van der Waals surface area contributed by atoms with Gasteiger partial charge in [0.25, 0.3) is 5.91 Å². The number of benzene rings is 4. The van der Waals surface area contributed by atoms with Crippen molar-refractivity contribution in [1.29, 1.82) is 0 Å². The summed E-state index contributed by atoms with van der Waals surface area (Å²) in [5.74, 6) is -0.0291. The molecular formula is C27H18FNO2S2. The third kappa shape index (κ3) is 4.40. The van der Waals surface area contributed by atoms with Gasteiger partial charge in [0, 0.05) is 5.56 Å². The number of amides is 1. The molecule has 0 radical (unpaired) electrons. The van der Waals surface area contributed by atoms with Gasteiger partial charge in [-0.1, -0.05) is 90.7 Å². The smallest absolute Gasteiger partial charge is 0.270 e. The molecule has 1 aliphatic heterocycles. The number of hydrogen-bond acceptors (Lipinski definition) is 4. The fraction of sp³-hybridized carbons (Fsp3) is 0.0370. The van der Waals surface area contributed by atoms with Crippen molar-refractivity contribution in [2.75, 3.05) is 4.90 Å². The van der Waals surface area contributed by atoms with Gasteiger partial charge in [-0.25, -0.2) is 4.39 Å². The molecule has 33 heavy (non-hydrogen) atoms. The van der Waals surface area contributed by atoms with Crippen molar-refractivity contribution in [3.63, 3.8) is 0 Å². The number of ether oxygens (including phenoxy) is 1. The normalized spacial score (nSPS) is 14.9. The Hall–Kier alpha value is -3.48. The van der Waals surface area contributed by atoms with Gasteiger partial charge in [0.05, 0.1) is 10.6 Å². The van der Waals surface area contributed by atoms with E-state index in [0.717, 1.165) is 21.9 Å². The zero-order valence-corrected chi connectivity index (χ0v) is 19.0. The standard InChI is InChI=1S/C27H18FNO2S2/c28-21-11-6-12-22(16-21)29-26(30)25(33-27(29)32)15-19-8-2-4-14-24(19)31-17-20-10-5-9-18-7-1-3-13-23(18)20/h1-16H,17H2/b25-15+. The molecule has 6 heteroatoms. The van der Waals surface area contributed by atoms with Crippen LogP contribution in [-0.2, 0) is 11.4 Å². The lowest BCUT2D eigenvalue weighted by atomic mass is 10.1. The molecule has 3 nitrogen and oxygen atoms in total. The molecule has 0 saturated carbocycles. The quantitative estimate of drug-likeness (QED) is 0.232. The molecular weight excluding hydrogens is 453 g/mol. The Kier molecular flexibility index (Phi) is 5.94. The van der Waals surface area contributed by atoms with Crippen LogP contribution in [0.4, 0.5) is 10.1 Å². The Morgan fingerprint density at radius 1 is 0.939 bits per heavy atom. The maximum atomic E-state index is 13.7. The van der Waals surface area contributed by atoms with E-state index in [2.05, 4.69) is 24.3 Å². The molecule has 0 unspecified atom stereocenters. The van der Waals surface area contributed by atoms with Gasteiger partial charge in [-0.2, -0.15) is 0 Å². The van der Waals surface area contributed by atoms with Gasteiger partial charge in [-0.05, 0) is 46.7 Å². The molecule has 0 spiro atoms. The largest absolute Gasteiger partial charge is 0.488 e. The predicted molar refractivity (Wildman–Crippen MR) is 137 cm³/mol. The molecule has 0 bridgehead atoms. The molecule has 1 amide bonds. The first-order valence-corrected chi connectivity index (χ1v) is 11.5. The number of carbonyl (C=O) groups excluding carboxylic acids is 1. The van der Waals surface area contributed by atoms with Crippen molar-refractivity contribution in [3.8, 4) is 5.75 Å². The van der Waals surface area contributed by atoms with E-state index in [1.807, 2.05) is 42.5 Å². The van der Waals surface area contributed by atoms with E-state index < -0.39 is 5.82 Å². The molecule has 1 aliphatic rings. The first-order chi connectivity index (χ1) is 16.1. The van der Waals surface area contributed by atoms with Gasteiger partial charge in [0.1, 0.15) is 18.2 Å². The van der Waals surface area contributed by atoms with Crippen LogP contribution in [0.1, 0.15) is 11.1 Å². The highest BCUT2D eigenvalue weighted by Gasteiger charge is 2.33. The average Bonchev–Trinajstić information content (AvgIpc) is 3.11. The summed E-state index contributed by atoms with van der Waals surface area (Å²) in [5.41, 5.74) is 2.28. The van der Waals surface area contributed by atoms with Crippen molar-refractivity contribution in [2.45, 2.75) is 6.61 Å². The maximum Gasteiger partial charge on any atom is 0.270 e. The summed E-state index contributed by atoms with van der Waals surface area (Å²) in [5, 5.41) is 2.31. The van der Waals surface area contributed by atoms with Gasteiger partial charge in [0.2, 0.25) is 0 Å². The van der Waals surface area contributed by atoms with E-state index in [1.165, 1.54) is 28.8 Å². The Morgan fingerprint density at radius 3 is 2.58 bits per heavy atom. The number of para-hydroxylation sites is 1. The summed E-state index contributed by atoms with van der Waals surface area (Å²) in [6.45, 7) is 0.399. The number of hydrogen-bond donors (Lipinski definition) is 0. The van der Waals surface area contributed by atoms with Crippen LogP contribution < -0.4 is 9.64 Å². The summed E-state index contributed by atoms with van der Waals surface area (Å²) in [4.78, 5) is 14.9. The SMILES string of the molecule is O=C1/C(=C\c2ccccc2OCc2cccc3ccccc23)SC(=S)N1c1cccc(F)c1. The van der Waals surface area contributed by atoms with Crippen LogP contribution in [0, 0.1) is 5.82 Å². The van der Waals surface area contributed by atoms with E-state index in [1.54, 1.807) is 18.2 Å². The fourth-order valence-corrected chi connectivity index (χ4v) is 5.04. The Labute approximate surface area is 200 Å². The molecule has 0 N–H and O–H groups in total. The van der Waals surface area contributed by atoms with Crippen molar-refractivity contribution in [2.24, 2.45) is 0 Å². The molecule has 4 aromatic rings. The third-order valence-electron chi connectivity index (χ3n) is 5.33. The topological polar surface area (TPSA) is 29.5 Å². The summed E-state index contributed by atoms with van der Waals surface area (Å²) >= 11 is 6.60. The molecule has 1 heterocycles. The molecule has 0 aliphatic carbocycles. The lowest BCUT2D eigenvalue weighted by Gasteiger charge is -2.14. The fourth-order valence-electron chi connectivity index (χ4n) is 3.75. The Balaban J connectivity index is 1.41. The molecule has 162 valence electrons. The zero-order chi connectivity index (χ0) is 22.8. The van der Waals surface area contributed by atoms with Crippen LogP contribution in [0.15, 0.2) is 95.9 Å². The lowest BCUT2D eigenvalue weighted by molar-refractivity contribution is -0.113. The highest BCUT2D eigenvalue weighted by molar-refractivity contribution is 8.27. The first kappa shape index (κ1) is 21.4. The minimum atomic E-state index is -0.419.